The number of halogens is 2. The summed E-state index contributed by atoms with van der Waals surface area (Å²) in [7, 11) is 1.23. The predicted octanol–water partition coefficient (Wildman–Crippen LogP) is 2.98. The van der Waals surface area contributed by atoms with Crippen LogP contribution in [0.1, 0.15) is 28.8 Å². The van der Waals surface area contributed by atoms with Crippen LogP contribution in [-0.4, -0.2) is 13.1 Å². The second kappa shape index (κ2) is 3.85. The van der Waals surface area contributed by atoms with Gasteiger partial charge >= 0.3 is 5.97 Å². The zero-order valence-electron chi connectivity index (χ0n) is 8.87. The minimum Gasteiger partial charge on any atom is -0.465 e. The fourth-order valence-corrected chi connectivity index (χ4v) is 1.65. The maximum Gasteiger partial charge on any atom is 0.337 e. The van der Waals surface area contributed by atoms with Crippen molar-refractivity contribution >= 4 is 5.97 Å². The van der Waals surface area contributed by atoms with Crippen molar-refractivity contribution in [3.8, 4) is 0 Å². The molecule has 16 heavy (non-hydrogen) atoms. The van der Waals surface area contributed by atoms with Crippen LogP contribution in [0, 0.1) is 5.92 Å². The molecular weight excluding hydrogens is 214 g/mol. The summed E-state index contributed by atoms with van der Waals surface area (Å²) >= 11 is 0. The third kappa shape index (κ3) is 1.92. The van der Waals surface area contributed by atoms with Gasteiger partial charge < -0.3 is 4.74 Å². The quantitative estimate of drug-likeness (QED) is 0.740. The van der Waals surface area contributed by atoms with Gasteiger partial charge in [0, 0.05) is 11.5 Å². The molecule has 0 radical (unpaired) electrons. The molecule has 1 aromatic rings. The van der Waals surface area contributed by atoms with Crippen LogP contribution < -0.4 is 0 Å². The van der Waals surface area contributed by atoms with E-state index in [2.05, 4.69) is 4.74 Å². The van der Waals surface area contributed by atoms with Gasteiger partial charge in [0.05, 0.1) is 12.7 Å². The average molecular weight is 226 g/mol. The number of carbonyl (C=O) groups excluding carboxylic acids is 1. The van der Waals surface area contributed by atoms with Crippen molar-refractivity contribution in [1.29, 1.82) is 0 Å². The second-order valence-corrected chi connectivity index (χ2v) is 3.97. The molecule has 2 rings (SSSR count). The molecule has 1 aromatic carbocycles. The minimum atomic E-state index is -2.83. The van der Waals surface area contributed by atoms with Crippen LogP contribution in [0.4, 0.5) is 8.78 Å². The van der Waals surface area contributed by atoms with E-state index in [4.69, 9.17) is 0 Å². The lowest BCUT2D eigenvalue weighted by molar-refractivity contribution is -0.0286. The van der Waals surface area contributed by atoms with E-state index in [1.807, 2.05) is 0 Å². The van der Waals surface area contributed by atoms with Crippen LogP contribution in [0.25, 0.3) is 0 Å². The molecule has 1 aliphatic rings. The fourth-order valence-electron chi connectivity index (χ4n) is 1.65. The van der Waals surface area contributed by atoms with E-state index in [0.717, 1.165) is 0 Å². The third-order valence-electron chi connectivity index (χ3n) is 2.76. The molecule has 0 bridgehead atoms. The Labute approximate surface area is 92.2 Å². The van der Waals surface area contributed by atoms with E-state index in [-0.39, 0.29) is 11.1 Å². The van der Waals surface area contributed by atoms with Crippen molar-refractivity contribution < 1.29 is 18.3 Å². The molecule has 0 atom stereocenters. The molecule has 0 spiro atoms. The molecule has 0 saturated heterocycles. The number of hydrogen-bond acceptors (Lipinski definition) is 2. The Kier molecular flexibility index (Phi) is 2.66. The van der Waals surface area contributed by atoms with Gasteiger partial charge in [0.1, 0.15) is 0 Å². The highest BCUT2D eigenvalue weighted by Gasteiger charge is 2.47. The Balaban J connectivity index is 2.31. The summed E-state index contributed by atoms with van der Waals surface area (Å²) in [4.78, 5) is 11.2. The molecule has 0 amide bonds. The molecule has 1 aliphatic carbocycles. The molecule has 1 saturated carbocycles. The molecule has 0 heterocycles. The van der Waals surface area contributed by atoms with Crippen molar-refractivity contribution in [2.24, 2.45) is 5.92 Å². The van der Waals surface area contributed by atoms with Crippen molar-refractivity contribution in [3.63, 3.8) is 0 Å². The molecule has 0 unspecified atom stereocenters. The summed E-state index contributed by atoms with van der Waals surface area (Å²) in [5, 5.41) is 0. The summed E-state index contributed by atoms with van der Waals surface area (Å²) in [6.07, 6.45) is 1.10. The Hall–Kier alpha value is -1.45. The first-order valence-electron chi connectivity index (χ1n) is 5.12. The van der Waals surface area contributed by atoms with Crippen molar-refractivity contribution in [1.82, 2.24) is 0 Å². The van der Waals surface area contributed by atoms with E-state index in [1.165, 1.54) is 31.4 Å². The molecule has 0 aliphatic heterocycles. The number of benzene rings is 1. The highest BCUT2D eigenvalue weighted by molar-refractivity contribution is 5.89. The van der Waals surface area contributed by atoms with Crippen molar-refractivity contribution in [2.75, 3.05) is 7.11 Å². The van der Waals surface area contributed by atoms with Gasteiger partial charge in [-0.05, 0) is 25.0 Å². The van der Waals surface area contributed by atoms with Gasteiger partial charge in [-0.15, -0.1) is 0 Å². The average Bonchev–Trinajstić information content (AvgIpc) is 3.12. The van der Waals surface area contributed by atoms with Gasteiger partial charge in [0.25, 0.3) is 5.92 Å². The molecule has 1 fully saturated rings. The monoisotopic (exact) mass is 226 g/mol. The smallest absolute Gasteiger partial charge is 0.337 e. The van der Waals surface area contributed by atoms with Crippen LogP contribution in [0.2, 0.25) is 0 Å². The number of methoxy groups -OCH3 is 1. The van der Waals surface area contributed by atoms with E-state index in [0.29, 0.717) is 12.8 Å². The fraction of sp³-hybridized carbons (Fsp3) is 0.417. The SMILES string of the molecule is COC(=O)c1cccc(C(F)(F)C2CC2)c1. The predicted molar refractivity (Wildman–Crippen MR) is 54.4 cm³/mol. The Morgan fingerprint density at radius 2 is 2.12 bits per heavy atom. The van der Waals surface area contributed by atoms with Crippen LogP contribution in [0.15, 0.2) is 24.3 Å². The summed E-state index contributed by atoms with van der Waals surface area (Å²) < 4.78 is 32.0. The van der Waals surface area contributed by atoms with Crippen LogP contribution in [0.5, 0.6) is 0 Å². The summed E-state index contributed by atoms with van der Waals surface area (Å²) in [5.41, 5.74) is 0.0678. The second-order valence-electron chi connectivity index (χ2n) is 3.97. The number of rotatable bonds is 3. The van der Waals surface area contributed by atoms with Crippen molar-refractivity contribution in [2.45, 2.75) is 18.8 Å². The summed E-state index contributed by atoms with van der Waals surface area (Å²) in [5.74, 6) is -3.99. The van der Waals surface area contributed by atoms with Gasteiger partial charge in [-0.1, -0.05) is 12.1 Å². The van der Waals surface area contributed by atoms with Gasteiger partial charge in [0.15, 0.2) is 0 Å². The number of esters is 1. The minimum absolute atomic E-state index is 0.0992. The number of carbonyl (C=O) groups is 1. The van der Waals surface area contributed by atoms with Gasteiger partial charge in [-0.3, -0.25) is 0 Å². The maximum absolute atomic E-state index is 13.7. The lowest BCUT2D eigenvalue weighted by Gasteiger charge is -2.16. The Morgan fingerprint density at radius 3 is 2.69 bits per heavy atom. The van der Waals surface area contributed by atoms with E-state index in [1.54, 1.807) is 0 Å². The highest BCUT2D eigenvalue weighted by atomic mass is 19.3. The molecule has 2 nitrogen and oxygen atoms in total. The normalized spacial score (nSPS) is 15.9. The molecule has 0 N–H and O–H groups in total. The standard InChI is InChI=1S/C12H12F2O2/c1-16-11(15)8-3-2-4-10(7-8)12(13,14)9-5-6-9/h2-4,7,9H,5-6H2,1H3. The van der Waals surface area contributed by atoms with Crippen molar-refractivity contribution in [3.05, 3.63) is 35.4 Å². The van der Waals surface area contributed by atoms with Crippen LogP contribution in [0.3, 0.4) is 0 Å². The third-order valence-corrected chi connectivity index (χ3v) is 2.76. The van der Waals surface area contributed by atoms with E-state index >= 15 is 0 Å². The zero-order valence-corrected chi connectivity index (χ0v) is 8.87. The maximum atomic E-state index is 13.7. The number of ether oxygens (including phenoxy) is 1. The number of alkyl halides is 2. The largest absolute Gasteiger partial charge is 0.465 e. The first-order valence-corrected chi connectivity index (χ1v) is 5.12. The van der Waals surface area contributed by atoms with E-state index < -0.39 is 17.8 Å². The van der Waals surface area contributed by atoms with E-state index in [9.17, 15) is 13.6 Å². The Bertz CT molecular complexity index is 411. The van der Waals surface area contributed by atoms with Gasteiger partial charge in [-0.2, -0.15) is 0 Å². The topological polar surface area (TPSA) is 26.3 Å². The lowest BCUT2D eigenvalue weighted by atomic mass is 10.0. The van der Waals surface area contributed by atoms with Crippen LogP contribution in [-0.2, 0) is 10.7 Å². The van der Waals surface area contributed by atoms with Gasteiger partial charge in [0.2, 0.25) is 0 Å². The molecular formula is C12H12F2O2. The zero-order chi connectivity index (χ0) is 11.8. The summed E-state index contributed by atoms with van der Waals surface area (Å²) in [6.45, 7) is 0. The lowest BCUT2D eigenvalue weighted by Crippen LogP contribution is -2.16. The molecule has 86 valence electrons. The Morgan fingerprint density at radius 1 is 1.44 bits per heavy atom. The first kappa shape index (κ1) is 11.0. The highest BCUT2D eigenvalue weighted by Crippen LogP contribution is 2.49. The summed E-state index contributed by atoms with van der Waals surface area (Å²) in [6, 6.07) is 5.49. The molecule has 4 heteroatoms. The first-order chi connectivity index (χ1) is 7.55. The van der Waals surface area contributed by atoms with Crippen LogP contribution >= 0.6 is 0 Å². The number of hydrogen-bond donors (Lipinski definition) is 0. The van der Waals surface area contributed by atoms with Gasteiger partial charge in [-0.25, -0.2) is 13.6 Å². The molecule has 0 aromatic heterocycles.